The lowest BCUT2D eigenvalue weighted by molar-refractivity contribution is 0.0262. The molecular formula is C68H63Cl4N5O6. The Hall–Kier alpha value is -8.06. The molecule has 11 nitrogen and oxygen atoms in total. The van der Waals surface area contributed by atoms with Crippen molar-refractivity contribution in [2.45, 2.75) is 11.2 Å². The fourth-order valence-corrected chi connectivity index (χ4v) is 12.0. The van der Waals surface area contributed by atoms with E-state index in [9.17, 15) is 9.59 Å². The molecule has 83 heavy (non-hydrogen) atoms. The molecule has 2 heterocycles. The Morgan fingerprint density at radius 1 is 0.398 bits per heavy atom. The molecule has 0 N–H and O–H groups in total. The highest BCUT2D eigenvalue weighted by Crippen LogP contribution is 2.59. The Balaban J connectivity index is 0.000000210. The number of rotatable bonds is 13. The van der Waals surface area contributed by atoms with E-state index in [1.54, 1.807) is 14.2 Å². The van der Waals surface area contributed by atoms with Crippen molar-refractivity contribution in [2.75, 3.05) is 109 Å². The van der Waals surface area contributed by atoms with Crippen LogP contribution in [0.25, 0.3) is 22.3 Å². The molecule has 8 aromatic rings. The number of cyclic esters (lactones) is 1. The molecule has 0 atom stereocenters. The summed E-state index contributed by atoms with van der Waals surface area (Å²) in [4.78, 5) is 37.4. The molecule has 1 aliphatic carbocycles. The maximum Gasteiger partial charge on any atom is 0.341 e. The first kappa shape index (κ1) is 58.1. The van der Waals surface area contributed by atoms with E-state index in [2.05, 4.69) is 52.3 Å². The number of benzene rings is 8. The molecule has 15 heteroatoms. The van der Waals surface area contributed by atoms with Crippen molar-refractivity contribution in [3.63, 3.8) is 0 Å². The van der Waals surface area contributed by atoms with Crippen molar-refractivity contribution in [3.05, 3.63) is 240 Å². The maximum absolute atomic E-state index is 14.1. The standard InChI is InChI=1S/C42H36Cl4N2O4.C26H27N3O2/c1-47(2)29-15-7-25(8-16-29)33(27-11-19-31(50-5)20-12-27)23-42(36-35(41(49)52-42)37(43)39(45)40(46)38(36)44)24-34(28-13-21-32(51-6)22-14-28)26-9-17-30(18-10-26)48(3)4;1-27(2)16-7-10-22-19(13-16)20-14-17(28(3)4)8-11-23(20)26(22)24-12-9-18(29(5)6)15-21(24)25(30)31-26/h7-24H,1-6H3;7-15H,1-6H3. The first-order chi connectivity index (χ1) is 39.6. The number of esters is 2. The molecule has 0 amide bonds. The lowest BCUT2D eigenvalue weighted by atomic mass is 9.83. The van der Waals surface area contributed by atoms with Gasteiger partial charge in [-0.15, -0.1) is 0 Å². The van der Waals surface area contributed by atoms with Crippen LogP contribution >= 0.6 is 46.4 Å². The van der Waals surface area contributed by atoms with Crippen LogP contribution in [0.1, 0.15) is 65.2 Å². The highest BCUT2D eigenvalue weighted by Gasteiger charge is 2.54. The molecule has 2 aliphatic heterocycles. The Kier molecular flexibility index (Phi) is 16.1. The number of anilines is 5. The molecule has 0 bridgehead atoms. The lowest BCUT2D eigenvalue weighted by Crippen LogP contribution is -2.27. The minimum absolute atomic E-state index is 0.0132. The third kappa shape index (κ3) is 10.5. The van der Waals surface area contributed by atoms with Gasteiger partial charge in [-0.05, 0) is 142 Å². The van der Waals surface area contributed by atoms with Crippen molar-refractivity contribution >= 4 is 97.9 Å². The van der Waals surface area contributed by atoms with Crippen LogP contribution in [0.5, 0.6) is 11.5 Å². The van der Waals surface area contributed by atoms with E-state index in [0.29, 0.717) is 17.1 Å². The number of fused-ring (bicyclic) bond motifs is 8. The highest BCUT2D eigenvalue weighted by molar-refractivity contribution is 6.53. The van der Waals surface area contributed by atoms with E-state index >= 15 is 0 Å². The van der Waals surface area contributed by atoms with Crippen LogP contribution in [0, 0.1) is 0 Å². The van der Waals surface area contributed by atoms with Gasteiger partial charge >= 0.3 is 11.9 Å². The predicted molar refractivity (Wildman–Crippen MR) is 342 cm³/mol. The molecule has 0 saturated heterocycles. The van der Waals surface area contributed by atoms with Gasteiger partial charge in [-0.2, -0.15) is 0 Å². The molecule has 0 radical (unpaired) electrons. The van der Waals surface area contributed by atoms with E-state index in [4.69, 9.17) is 65.4 Å². The monoisotopic (exact) mass is 1190 g/mol. The zero-order valence-corrected chi connectivity index (χ0v) is 51.3. The second-order valence-electron chi connectivity index (χ2n) is 21.6. The fourth-order valence-electron chi connectivity index (χ4n) is 11.0. The normalized spacial score (nSPS) is 15.3. The number of halogens is 4. The highest BCUT2D eigenvalue weighted by atomic mass is 35.5. The largest absolute Gasteiger partial charge is 0.497 e. The van der Waals surface area contributed by atoms with Gasteiger partial charge in [0, 0.05) is 121 Å². The van der Waals surface area contributed by atoms with Crippen LogP contribution in [-0.4, -0.2) is 96.6 Å². The minimum Gasteiger partial charge on any atom is -0.497 e. The smallest absolute Gasteiger partial charge is 0.341 e. The number of hydrogen-bond acceptors (Lipinski definition) is 11. The van der Waals surface area contributed by atoms with Gasteiger partial charge in [0.15, 0.2) is 11.2 Å². The third-order valence-electron chi connectivity index (χ3n) is 15.5. The summed E-state index contributed by atoms with van der Waals surface area (Å²) in [6.45, 7) is 0. The van der Waals surface area contributed by atoms with Crippen LogP contribution in [0.4, 0.5) is 28.4 Å². The zero-order valence-electron chi connectivity index (χ0n) is 48.3. The number of carbonyl (C=O) groups excluding carboxylic acids is 2. The van der Waals surface area contributed by atoms with Gasteiger partial charge in [0.05, 0.1) is 45.4 Å². The van der Waals surface area contributed by atoms with Crippen LogP contribution in [0.2, 0.25) is 20.1 Å². The molecule has 0 aromatic heterocycles. The van der Waals surface area contributed by atoms with E-state index in [-0.39, 0.29) is 37.2 Å². The number of carbonyl (C=O) groups is 2. The molecule has 1 spiro atoms. The fraction of sp³-hybridized carbons (Fsp3) is 0.206. The lowest BCUT2D eigenvalue weighted by Gasteiger charge is -2.27. The van der Waals surface area contributed by atoms with Crippen molar-refractivity contribution in [2.24, 2.45) is 0 Å². The summed E-state index contributed by atoms with van der Waals surface area (Å²) in [6, 6.07) is 50.4. The van der Waals surface area contributed by atoms with Crippen molar-refractivity contribution in [1.29, 1.82) is 0 Å². The maximum atomic E-state index is 14.1. The summed E-state index contributed by atoms with van der Waals surface area (Å²) in [6.07, 6.45) is 3.79. The van der Waals surface area contributed by atoms with Gasteiger partial charge in [0.2, 0.25) is 0 Å². The van der Waals surface area contributed by atoms with Crippen LogP contribution in [0.3, 0.4) is 0 Å². The van der Waals surface area contributed by atoms with E-state index in [1.807, 2.05) is 207 Å². The number of hydrogen-bond donors (Lipinski definition) is 0. The Bertz CT molecular complexity index is 3720. The summed E-state index contributed by atoms with van der Waals surface area (Å²) in [5.74, 6) is 0.419. The molecule has 0 fully saturated rings. The SMILES string of the molecule is CN(C)c1ccc2c(c1)C(=O)OC21c2ccc(N(C)C)cc2-c2cc(N(C)C)ccc21.COc1ccc(C(=CC2(C=C(c3ccc(OC)cc3)c3ccc(N(C)C)cc3)OC(=O)c3c(Cl)c(Cl)c(Cl)c(Cl)c32)c2ccc(N(C)C)cc2)cc1. The summed E-state index contributed by atoms with van der Waals surface area (Å²) < 4.78 is 23.7. The van der Waals surface area contributed by atoms with Crippen LogP contribution in [-0.2, 0) is 20.7 Å². The Labute approximate surface area is 506 Å². The number of ether oxygens (including phenoxy) is 4. The van der Waals surface area contributed by atoms with Crippen LogP contribution < -0.4 is 34.0 Å². The quantitative estimate of drug-likeness (QED) is 0.0628. The summed E-state index contributed by atoms with van der Waals surface area (Å²) >= 11 is 27.2. The molecule has 3 aliphatic rings. The Morgan fingerprint density at radius 2 is 0.723 bits per heavy atom. The van der Waals surface area contributed by atoms with Crippen molar-refractivity contribution in [1.82, 2.24) is 0 Å². The Morgan fingerprint density at radius 3 is 1.08 bits per heavy atom. The molecular weight excluding hydrogens is 1120 g/mol. The molecule has 0 unspecified atom stereocenters. The third-order valence-corrected chi connectivity index (χ3v) is 17.3. The van der Waals surface area contributed by atoms with Gasteiger partial charge in [-0.25, -0.2) is 9.59 Å². The number of methoxy groups -OCH3 is 2. The summed E-state index contributed by atoms with van der Waals surface area (Å²) in [7, 11) is 23.3. The first-order valence-electron chi connectivity index (χ1n) is 26.7. The molecule has 8 aromatic carbocycles. The average Bonchev–Trinajstić information content (AvgIpc) is 1.66. The summed E-state index contributed by atoms with van der Waals surface area (Å²) in [5, 5.41) is -0.00257. The van der Waals surface area contributed by atoms with Gasteiger partial charge in [0.25, 0.3) is 0 Å². The topological polar surface area (TPSA) is 87.3 Å². The van der Waals surface area contributed by atoms with Crippen molar-refractivity contribution < 1.29 is 28.5 Å². The van der Waals surface area contributed by atoms with Gasteiger partial charge in [-0.1, -0.05) is 113 Å². The minimum atomic E-state index is -1.63. The average molecular weight is 1190 g/mol. The predicted octanol–water partition coefficient (Wildman–Crippen LogP) is 15.4. The summed E-state index contributed by atoms with van der Waals surface area (Å²) in [5.41, 5.74) is 13.7. The van der Waals surface area contributed by atoms with Gasteiger partial charge in [-0.3, -0.25) is 0 Å². The number of nitrogens with zero attached hydrogens (tertiary/aromatic N) is 5. The van der Waals surface area contributed by atoms with E-state index in [1.165, 1.54) is 0 Å². The van der Waals surface area contributed by atoms with Crippen molar-refractivity contribution in [3.8, 4) is 22.6 Å². The molecule has 11 rings (SSSR count). The van der Waals surface area contributed by atoms with Gasteiger partial charge < -0.3 is 43.4 Å². The van der Waals surface area contributed by atoms with Crippen LogP contribution in [0.15, 0.2) is 164 Å². The molecule has 424 valence electrons. The van der Waals surface area contributed by atoms with E-state index in [0.717, 1.165) is 89.7 Å². The van der Waals surface area contributed by atoms with E-state index < -0.39 is 17.2 Å². The zero-order chi connectivity index (χ0) is 59.4. The first-order valence-corrected chi connectivity index (χ1v) is 28.2. The second kappa shape index (κ2) is 22.9. The van der Waals surface area contributed by atoms with Gasteiger partial charge in [0.1, 0.15) is 11.5 Å². The molecule has 0 saturated carbocycles. The second-order valence-corrected chi connectivity index (χ2v) is 23.1.